The Morgan fingerprint density at radius 3 is 2.33 bits per heavy atom. The summed E-state index contributed by atoms with van der Waals surface area (Å²) in [4.78, 5) is 13.9. The molecule has 1 heterocycles. The van der Waals surface area contributed by atoms with E-state index in [1.807, 2.05) is 13.8 Å². The van der Waals surface area contributed by atoms with Crippen molar-refractivity contribution in [3.63, 3.8) is 0 Å². The van der Waals surface area contributed by atoms with Crippen molar-refractivity contribution in [2.45, 2.75) is 52.1 Å². The second kappa shape index (κ2) is 6.61. The zero-order valence-electron chi connectivity index (χ0n) is 13.4. The van der Waals surface area contributed by atoms with Gasteiger partial charge in [0.1, 0.15) is 5.60 Å². The van der Waals surface area contributed by atoms with E-state index in [1.54, 1.807) is 4.90 Å². The molecule has 0 bridgehead atoms. The zero-order valence-corrected chi connectivity index (χ0v) is 13.4. The van der Waals surface area contributed by atoms with Gasteiger partial charge in [0.25, 0.3) is 0 Å². The van der Waals surface area contributed by atoms with E-state index in [0.29, 0.717) is 19.5 Å². The number of rotatable bonds is 6. The summed E-state index contributed by atoms with van der Waals surface area (Å²) in [6.45, 7) is 7.13. The summed E-state index contributed by atoms with van der Waals surface area (Å²) in [5.74, 6) is 0.307. The first-order valence-electron chi connectivity index (χ1n) is 8.02. The van der Waals surface area contributed by atoms with E-state index < -0.39 is 5.60 Å². The highest BCUT2D eigenvalue weighted by Gasteiger charge is 2.45. The van der Waals surface area contributed by atoms with Gasteiger partial charge in [-0.05, 0) is 29.9 Å². The highest BCUT2D eigenvalue weighted by Crippen LogP contribution is 2.29. The molecule has 0 spiro atoms. The minimum atomic E-state index is -0.681. The van der Waals surface area contributed by atoms with Gasteiger partial charge in [-0.2, -0.15) is 0 Å². The maximum Gasteiger partial charge on any atom is 0.227 e. The van der Waals surface area contributed by atoms with Gasteiger partial charge < -0.3 is 10.0 Å². The van der Waals surface area contributed by atoms with E-state index >= 15 is 0 Å². The molecular formula is C18H27NO2. The predicted octanol–water partition coefficient (Wildman–Crippen LogP) is 2.80. The molecule has 21 heavy (non-hydrogen) atoms. The Hall–Kier alpha value is -1.35. The third kappa shape index (κ3) is 3.85. The van der Waals surface area contributed by atoms with Crippen molar-refractivity contribution >= 4 is 5.91 Å². The first-order chi connectivity index (χ1) is 9.94. The molecule has 0 unspecified atom stereocenters. The van der Waals surface area contributed by atoms with Crippen molar-refractivity contribution in [1.29, 1.82) is 0 Å². The number of hydrogen-bond acceptors (Lipinski definition) is 2. The van der Waals surface area contributed by atoms with Crippen molar-refractivity contribution in [2.24, 2.45) is 5.92 Å². The van der Waals surface area contributed by atoms with Crippen LogP contribution in [-0.4, -0.2) is 34.6 Å². The molecule has 0 radical (unpaired) electrons. The Morgan fingerprint density at radius 1 is 1.24 bits per heavy atom. The number of hydrogen-bond donors (Lipinski definition) is 1. The van der Waals surface area contributed by atoms with Crippen LogP contribution in [0.2, 0.25) is 0 Å². The standard InChI is InChI=1S/C18H27NO2/c1-4-5-6-15-7-9-16(10-8-15)11-17(20)19-12-18(21,13-19)14(2)3/h7-10,14,21H,4-6,11-13H2,1-3H3. The molecule has 1 amide bonds. The highest BCUT2D eigenvalue weighted by molar-refractivity contribution is 5.80. The second-order valence-electron chi connectivity index (χ2n) is 6.60. The quantitative estimate of drug-likeness (QED) is 0.875. The van der Waals surface area contributed by atoms with E-state index in [-0.39, 0.29) is 11.8 Å². The van der Waals surface area contributed by atoms with E-state index in [2.05, 4.69) is 31.2 Å². The molecule has 116 valence electrons. The summed E-state index contributed by atoms with van der Waals surface area (Å²) in [7, 11) is 0. The normalized spacial score (nSPS) is 16.9. The minimum Gasteiger partial charge on any atom is -0.386 e. The Kier molecular flexibility index (Phi) is 5.04. The molecule has 1 saturated heterocycles. The van der Waals surface area contributed by atoms with Crippen molar-refractivity contribution in [3.05, 3.63) is 35.4 Å². The first-order valence-corrected chi connectivity index (χ1v) is 8.02. The summed E-state index contributed by atoms with van der Waals surface area (Å²) in [6.07, 6.45) is 3.95. The fourth-order valence-corrected chi connectivity index (χ4v) is 2.65. The monoisotopic (exact) mass is 289 g/mol. The van der Waals surface area contributed by atoms with Crippen molar-refractivity contribution in [2.75, 3.05) is 13.1 Å². The molecule has 1 fully saturated rings. The number of amides is 1. The van der Waals surface area contributed by atoms with Gasteiger partial charge in [-0.1, -0.05) is 51.5 Å². The molecule has 1 aliphatic rings. The van der Waals surface area contributed by atoms with E-state index in [0.717, 1.165) is 12.0 Å². The van der Waals surface area contributed by atoms with Crippen LogP contribution in [0.3, 0.4) is 0 Å². The van der Waals surface area contributed by atoms with Gasteiger partial charge in [0.15, 0.2) is 0 Å². The molecule has 3 heteroatoms. The van der Waals surface area contributed by atoms with E-state index in [1.165, 1.54) is 18.4 Å². The number of carbonyl (C=O) groups excluding carboxylic acids is 1. The Labute approximate surface area is 128 Å². The van der Waals surface area contributed by atoms with Crippen LogP contribution in [0.4, 0.5) is 0 Å². The average molecular weight is 289 g/mol. The maximum absolute atomic E-state index is 12.2. The Balaban J connectivity index is 1.84. The van der Waals surface area contributed by atoms with E-state index in [9.17, 15) is 9.90 Å². The molecule has 1 N–H and O–H groups in total. The lowest BCUT2D eigenvalue weighted by atomic mass is 9.82. The van der Waals surface area contributed by atoms with Crippen LogP contribution in [0.15, 0.2) is 24.3 Å². The highest BCUT2D eigenvalue weighted by atomic mass is 16.3. The number of likely N-dealkylation sites (tertiary alicyclic amines) is 1. The fourth-order valence-electron chi connectivity index (χ4n) is 2.65. The van der Waals surface area contributed by atoms with Gasteiger partial charge in [0, 0.05) is 0 Å². The van der Waals surface area contributed by atoms with Crippen LogP contribution in [0.1, 0.15) is 44.7 Å². The number of aliphatic hydroxyl groups is 1. The largest absolute Gasteiger partial charge is 0.386 e. The Bertz CT molecular complexity index is 472. The molecule has 1 aliphatic heterocycles. The van der Waals surface area contributed by atoms with Crippen LogP contribution in [0.5, 0.6) is 0 Å². The average Bonchev–Trinajstić information content (AvgIpc) is 2.42. The predicted molar refractivity (Wildman–Crippen MR) is 85.1 cm³/mol. The second-order valence-corrected chi connectivity index (χ2v) is 6.60. The van der Waals surface area contributed by atoms with Gasteiger partial charge >= 0.3 is 0 Å². The molecule has 0 saturated carbocycles. The van der Waals surface area contributed by atoms with Crippen LogP contribution < -0.4 is 0 Å². The summed E-state index contributed by atoms with van der Waals surface area (Å²) >= 11 is 0. The Morgan fingerprint density at radius 2 is 1.81 bits per heavy atom. The lowest BCUT2D eigenvalue weighted by Crippen LogP contribution is -2.66. The number of carbonyl (C=O) groups is 1. The van der Waals surface area contributed by atoms with Crippen LogP contribution in [-0.2, 0) is 17.6 Å². The van der Waals surface area contributed by atoms with Crippen molar-refractivity contribution in [3.8, 4) is 0 Å². The maximum atomic E-state index is 12.2. The van der Waals surface area contributed by atoms with Gasteiger partial charge in [-0.3, -0.25) is 4.79 Å². The smallest absolute Gasteiger partial charge is 0.227 e. The van der Waals surface area contributed by atoms with Gasteiger partial charge in [-0.25, -0.2) is 0 Å². The summed E-state index contributed by atoms with van der Waals surface area (Å²) in [5.41, 5.74) is 1.71. The molecular weight excluding hydrogens is 262 g/mol. The first kappa shape index (κ1) is 16.0. The lowest BCUT2D eigenvalue weighted by molar-refractivity contribution is -0.163. The van der Waals surface area contributed by atoms with Crippen LogP contribution in [0.25, 0.3) is 0 Å². The summed E-state index contributed by atoms with van der Waals surface area (Å²) in [6, 6.07) is 8.35. The molecule has 1 aromatic carbocycles. The summed E-state index contributed by atoms with van der Waals surface area (Å²) < 4.78 is 0. The number of nitrogens with zero attached hydrogens (tertiary/aromatic N) is 1. The van der Waals surface area contributed by atoms with Gasteiger partial charge in [-0.15, -0.1) is 0 Å². The van der Waals surface area contributed by atoms with E-state index in [4.69, 9.17) is 0 Å². The molecule has 1 aromatic rings. The van der Waals surface area contributed by atoms with Crippen molar-refractivity contribution < 1.29 is 9.90 Å². The molecule has 0 atom stereocenters. The number of β-amino-alcohol motifs (C(OH)–C–C–N with tert-alkyl or cyclic N) is 1. The molecule has 0 aliphatic carbocycles. The summed E-state index contributed by atoms with van der Waals surface area (Å²) in [5, 5.41) is 10.2. The van der Waals surface area contributed by atoms with Crippen LogP contribution >= 0.6 is 0 Å². The lowest BCUT2D eigenvalue weighted by Gasteiger charge is -2.49. The number of unbranched alkanes of at least 4 members (excludes halogenated alkanes) is 1. The van der Waals surface area contributed by atoms with Crippen LogP contribution in [0, 0.1) is 5.92 Å². The minimum absolute atomic E-state index is 0.113. The SMILES string of the molecule is CCCCc1ccc(CC(=O)N2CC(O)(C(C)C)C2)cc1. The van der Waals surface area contributed by atoms with Crippen molar-refractivity contribution in [1.82, 2.24) is 4.90 Å². The molecule has 3 nitrogen and oxygen atoms in total. The fraction of sp³-hybridized carbons (Fsp3) is 0.611. The number of aryl methyl sites for hydroxylation is 1. The zero-order chi connectivity index (χ0) is 15.5. The topological polar surface area (TPSA) is 40.5 Å². The van der Waals surface area contributed by atoms with Gasteiger partial charge in [0.05, 0.1) is 19.5 Å². The molecule has 0 aromatic heterocycles. The molecule has 2 rings (SSSR count). The third-order valence-corrected chi connectivity index (χ3v) is 4.55. The number of benzene rings is 1. The third-order valence-electron chi connectivity index (χ3n) is 4.55. The van der Waals surface area contributed by atoms with Gasteiger partial charge in [0.2, 0.25) is 5.91 Å².